The van der Waals surface area contributed by atoms with Gasteiger partial charge in [0.05, 0.1) is 9.79 Å². The summed E-state index contributed by atoms with van der Waals surface area (Å²) in [5.41, 5.74) is 0.414. The van der Waals surface area contributed by atoms with Crippen LogP contribution in [0, 0.1) is 6.92 Å². The summed E-state index contributed by atoms with van der Waals surface area (Å²) in [7, 11) is -2.17. The van der Waals surface area contributed by atoms with E-state index in [1.165, 1.54) is 12.1 Å². The molecule has 7 heteroatoms. The average Bonchev–Trinajstić information content (AvgIpc) is 2.00. The highest BCUT2D eigenvalue weighted by Crippen LogP contribution is 2.22. The van der Waals surface area contributed by atoms with Crippen LogP contribution in [0.25, 0.3) is 0 Å². The lowest BCUT2D eigenvalue weighted by Gasteiger charge is -2.04. The second kappa shape index (κ2) is 3.77. The number of benzene rings is 1. The minimum Gasteiger partial charge on any atom is -0.224 e. The summed E-state index contributed by atoms with van der Waals surface area (Å²) in [6.07, 6.45) is 1.00. The van der Waals surface area contributed by atoms with Crippen LogP contribution in [0.3, 0.4) is 0 Å². The molecule has 0 bridgehead atoms. The molecule has 0 heterocycles. The van der Waals surface area contributed by atoms with Crippen molar-refractivity contribution < 1.29 is 16.8 Å². The molecule has 0 amide bonds. The maximum Gasteiger partial charge on any atom is 0.261 e. The Balaban J connectivity index is 3.57. The number of halogens is 1. The number of hydrogen-bond donors (Lipinski definition) is 0. The van der Waals surface area contributed by atoms with E-state index in [4.69, 9.17) is 10.7 Å². The second-order valence-corrected chi connectivity index (χ2v) is 7.69. The van der Waals surface area contributed by atoms with Gasteiger partial charge in [0, 0.05) is 16.9 Å². The molecule has 0 radical (unpaired) electrons. The van der Waals surface area contributed by atoms with Crippen LogP contribution < -0.4 is 0 Å². The molecule has 0 aliphatic heterocycles. The molecular weight excluding hydrogens is 260 g/mol. The van der Waals surface area contributed by atoms with Crippen molar-refractivity contribution in [1.29, 1.82) is 0 Å². The fourth-order valence-electron chi connectivity index (χ4n) is 1.07. The van der Waals surface area contributed by atoms with Gasteiger partial charge in [-0.3, -0.25) is 0 Å². The van der Waals surface area contributed by atoms with E-state index in [2.05, 4.69) is 0 Å². The minimum absolute atomic E-state index is 0.0627. The highest BCUT2D eigenvalue weighted by atomic mass is 35.7. The van der Waals surface area contributed by atoms with Crippen molar-refractivity contribution in [3.05, 3.63) is 23.8 Å². The van der Waals surface area contributed by atoms with Crippen LogP contribution in [0.15, 0.2) is 28.0 Å². The minimum atomic E-state index is -3.91. The number of aryl methyl sites for hydroxylation is 1. The summed E-state index contributed by atoms with van der Waals surface area (Å²) in [5.74, 6) is 0. The molecule has 1 aromatic rings. The monoisotopic (exact) mass is 268 g/mol. The van der Waals surface area contributed by atoms with Crippen molar-refractivity contribution in [3.63, 3.8) is 0 Å². The Bertz CT molecular complexity index is 587. The Kier molecular flexibility index (Phi) is 3.14. The van der Waals surface area contributed by atoms with Crippen LogP contribution in [0.4, 0.5) is 0 Å². The number of hydrogen-bond acceptors (Lipinski definition) is 4. The molecule has 0 unspecified atom stereocenters. The first-order chi connectivity index (χ1) is 6.62. The molecule has 0 atom stereocenters. The largest absolute Gasteiger partial charge is 0.261 e. The molecule has 84 valence electrons. The van der Waals surface area contributed by atoms with Gasteiger partial charge in [0.15, 0.2) is 9.84 Å². The van der Waals surface area contributed by atoms with Crippen LogP contribution >= 0.6 is 10.7 Å². The van der Waals surface area contributed by atoms with Crippen molar-refractivity contribution in [2.75, 3.05) is 6.26 Å². The van der Waals surface area contributed by atoms with Gasteiger partial charge in [-0.2, -0.15) is 0 Å². The lowest BCUT2D eigenvalue weighted by atomic mass is 10.2. The van der Waals surface area contributed by atoms with Gasteiger partial charge in [-0.15, -0.1) is 0 Å². The standard InChI is InChI=1S/C8H9ClO4S2/c1-6-3-4-7(14(2,10)11)5-8(6)15(9,12)13/h3-5H,1-2H3. The van der Waals surface area contributed by atoms with Gasteiger partial charge in [-0.05, 0) is 24.6 Å². The van der Waals surface area contributed by atoms with E-state index in [9.17, 15) is 16.8 Å². The van der Waals surface area contributed by atoms with Gasteiger partial charge < -0.3 is 0 Å². The zero-order valence-corrected chi connectivity index (χ0v) is 10.4. The van der Waals surface area contributed by atoms with Gasteiger partial charge in [-0.25, -0.2) is 16.8 Å². The van der Waals surface area contributed by atoms with Gasteiger partial charge in [-0.1, -0.05) is 6.07 Å². The summed E-state index contributed by atoms with van der Waals surface area (Å²) >= 11 is 0. The number of rotatable bonds is 2. The quantitative estimate of drug-likeness (QED) is 0.759. The number of sulfone groups is 1. The van der Waals surface area contributed by atoms with E-state index in [1.807, 2.05) is 0 Å². The van der Waals surface area contributed by atoms with Crippen molar-refractivity contribution in [2.45, 2.75) is 16.7 Å². The molecule has 0 aliphatic rings. The Morgan fingerprint density at radius 1 is 1.13 bits per heavy atom. The smallest absolute Gasteiger partial charge is 0.224 e. The van der Waals surface area contributed by atoms with Crippen LogP contribution in [0.1, 0.15) is 5.56 Å². The van der Waals surface area contributed by atoms with Crippen molar-refractivity contribution in [3.8, 4) is 0 Å². The van der Waals surface area contributed by atoms with Gasteiger partial charge in [0.2, 0.25) is 0 Å². The molecule has 0 aliphatic carbocycles. The third kappa shape index (κ3) is 2.93. The highest BCUT2D eigenvalue weighted by molar-refractivity contribution is 8.13. The zero-order valence-electron chi connectivity index (χ0n) is 8.06. The van der Waals surface area contributed by atoms with Crippen LogP contribution in [-0.4, -0.2) is 23.1 Å². The predicted octanol–water partition coefficient (Wildman–Crippen LogP) is 1.33. The Morgan fingerprint density at radius 2 is 1.67 bits per heavy atom. The van der Waals surface area contributed by atoms with E-state index in [-0.39, 0.29) is 9.79 Å². The second-order valence-electron chi connectivity index (χ2n) is 3.14. The summed E-state index contributed by atoms with van der Waals surface area (Å²) in [5, 5.41) is 0. The molecule has 1 aromatic carbocycles. The van der Waals surface area contributed by atoms with E-state index >= 15 is 0 Å². The highest BCUT2D eigenvalue weighted by Gasteiger charge is 2.17. The first-order valence-electron chi connectivity index (χ1n) is 3.88. The average molecular weight is 269 g/mol. The molecule has 0 N–H and O–H groups in total. The van der Waals surface area contributed by atoms with E-state index in [1.54, 1.807) is 6.92 Å². The van der Waals surface area contributed by atoms with Gasteiger partial charge in [0.25, 0.3) is 9.05 Å². The third-order valence-electron chi connectivity index (χ3n) is 1.85. The molecule has 0 saturated heterocycles. The maximum atomic E-state index is 11.2. The lowest BCUT2D eigenvalue weighted by Crippen LogP contribution is -2.01. The summed E-state index contributed by atoms with van der Waals surface area (Å²) < 4.78 is 44.6. The van der Waals surface area contributed by atoms with E-state index in [0.717, 1.165) is 12.3 Å². The Labute approximate surface area is 93.2 Å². The van der Waals surface area contributed by atoms with E-state index in [0.29, 0.717) is 5.56 Å². The van der Waals surface area contributed by atoms with Gasteiger partial charge >= 0.3 is 0 Å². The normalized spacial score (nSPS) is 12.7. The van der Waals surface area contributed by atoms with Crippen molar-refractivity contribution in [1.82, 2.24) is 0 Å². The zero-order chi connectivity index (χ0) is 11.9. The van der Waals surface area contributed by atoms with Crippen molar-refractivity contribution in [2.24, 2.45) is 0 Å². The SMILES string of the molecule is Cc1ccc(S(C)(=O)=O)cc1S(=O)(=O)Cl. The summed E-state index contributed by atoms with van der Waals surface area (Å²) in [6.45, 7) is 1.54. The predicted molar refractivity (Wildman–Crippen MR) is 57.3 cm³/mol. The fraction of sp³-hybridized carbons (Fsp3) is 0.250. The molecule has 0 aromatic heterocycles. The molecule has 0 spiro atoms. The van der Waals surface area contributed by atoms with Crippen LogP contribution in [0.5, 0.6) is 0 Å². The summed E-state index contributed by atoms with van der Waals surface area (Å²) in [6, 6.07) is 3.81. The molecule has 4 nitrogen and oxygen atoms in total. The summed E-state index contributed by atoms with van der Waals surface area (Å²) in [4.78, 5) is -0.237. The first kappa shape index (κ1) is 12.5. The molecule has 0 saturated carbocycles. The maximum absolute atomic E-state index is 11.2. The topological polar surface area (TPSA) is 68.3 Å². The lowest BCUT2D eigenvalue weighted by molar-refractivity contribution is 0.601. The first-order valence-corrected chi connectivity index (χ1v) is 8.08. The van der Waals surface area contributed by atoms with Crippen LogP contribution in [-0.2, 0) is 18.9 Å². The van der Waals surface area contributed by atoms with Crippen LogP contribution in [0.2, 0.25) is 0 Å². The Hall–Kier alpha value is -0.590. The third-order valence-corrected chi connectivity index (χ3v) is 4.42. The molecule has 15 heavy (non-hydrogen) atoms. The van der Waals surface area contributed by atoms with Crippen molar-refractivity contribution >= 4 is 29.6 Å². The van der Waals surface area contributed by atoms with Gasteiger partial charge in [0.1, 0.15) is 0 Å². The molecule has 1 rings (SSSR count). The fourth-order valence-corrected chi connectivity index (χ4v) is 3.01. The molecule has 0 fully saturated rings. The van der Waals surface area contributed by atoms with E-state index < -0.39 is 18.9 Å². The molecular formula is C8H9ClO4S2. The Morgan fingerprint density at radius 3 is 2.07 bits per heavy atom.